The molecule has 0 saturated heterocycles. The van der Waals surface area contributed by atoms with E-state index in [1.165, 1.54) is 32.1 Å². The Bertz CT molecular complexity index is 308. The summed E-state index contributed by atoms with van der Waals surface area (Å²) in [6.07, 6.45) is 7.36. The van der Waals surface area contributed by atoms with Crippen LogP contribution in [0.15, 0.2) is 0 Å². The predicted molar refractivity (Wildman–Crippen MR) is 80.9 cm³/mol. The smallest absolute Gasteiger partial charge is 0.0388 e. The second kappa shape index (κ2) is 4.73. The lowest BCUT2D eigenvalue weighted by molar-refractivity contribution is -0.137. The van der Waals surface area contributed by atoms with Gasteiger partial charge in [-0.3, -0.25) is 4.90 Å². The molecule has 0 aliphatic heterocycles. The van der Waals surface area contributed by atoms with Crippen LogP contribution in [0.1, 0.15) is 52.9 Å². The summed E-state index contributed by atoms with van der Waals surface area (Å²) in [6.45, 7) is 7.96. The average Bonchev–Trinajstić information content (AvgIpc) is 2.37. The van der Waals surface area contributed by atoms with Crippen LogP contribution in [0.25, 0.3) is 0 Å². The quantitative estimate of drug-likeness (QED) is 0.845. The molecule has 2 N–H and O–H groups in total. The van der Waals surface area contributed by atoms with Gasteiger partial charge < -0.3 is 5.73 Å². The molecule has 4 aliphatic rings. The summed E-state index contributed by atoms with van der Waals surface area (Å²) in [5, 5.41) is 0. The topological polar surface area (TPSA) is 29.3 Å². The van der Waals surface area contributed by atoms with Gasteiger partial charge in [-0.2, -0.15) is 0 Å². The highest BCUT2D eigenvalue weighted by atomic mass is 15.2. The fourth-order valence-corrected chi connectivity index (χ4v) is 5.88. The lowest BCUT2D eigenvalue weighted by Gasteiger charge is -2.65. The van der Waals surface area contributed by atoms with E-state index in [1.807, 2.05) is 0 Å². The zero-order chi connectivity index (χ0) is 13.8. The summed E-state index contributed by atoms with van der Waals surface area (Å²) >= 11 is 0. The van der Waals surface area contributed by atoms with Gasteiger partial charge in [-0.05, 0) is 75.7 Å². The molecule has 19 heavy (non-hydrogen) atoms. The summed E-state index contributed by atoms with van der Waals surface area (Å²) in [6, 6.07) is 0.640. The Morgan fingerprint density at radius 3 is 1.84 bits per heavy atom. The zero-order valence-electron chi connectivity index (χ0n) is 13.2. The maximum atomic E-state index is 6.39. The number of hydrogen-bond acceptors (Lipinski definition) is 2. The maximum absolute atomic E-state index is 6.39. The number of rotatable bonds is 4. The molecule has 4 saturated carbocycles. The Balaban J connectivity index is 1.90. The van der Waals surface area contributed by atoms with Crippen LogP contribution >= 0.6 is 0 Å². The molecular formula is C17H32N2. The molecule has 2 nitrogen and oxygen atoms in total. The van der Waals surface area contributed by atoms with E-state index in [1.54, 1.807) is 0 Å². The summed E-state index contributed by atoms with van der Waals surface area (Å²) in [5.74, 6) is 4.53. The number of nitrogens with two attached hydrogens (primary N) is 1. The van der Waals surface area contributed by atoms with E-state index < -0.39 is 0 Å². The molecule has 0 amide bonds. The first-order valence-electron chi connectivity index (χ1n) is 8.42. The summed E-state index contributed by atoms with van der Waals surface area (Å²) in [4.78, 5) is 2.70. The van der Waals surface area contributed by atoms with Crippen LogP contribution in [0.4, 0.5) is 0 Å². The molecule has 4 fully saturated rings. The Morgan fingerprint density at radius 1 is 1.00 bits per heavy atom. The van der Waals surface area contributed by atoms with E-state index in [0.29, 0.717) is 17.5 Å². The second-order valence-corrected chi connectivity index (χ2v) is 8.10. The SMILES string of the molecule is CC(C)C(C)N(C)C1(CN)C2CC3CC(C2)CC1C3. The van der Waals surface area contributed by atoms with Crippen molar-refractivity contribution in [1.82, 2.24) is 4.90 Å². The van der Waals surface area contributed by atoms with Crippen molar-refractivity contribution in [3.05, 3.63) is 0 Å². The summed E-state index contributed by atoms with van der Waals surface area (Å²) in [5.41, 5.74) is 6.70. The first-order chi connectivity index (χ1) is 8.99. The average molecular weight is 264 g/mol. The first-order valence-corrected chi connectivity index (χ1v) is 8.42. The molecule has 0 aromatic carbocycles. The van der Waals surface area contributed by atoms with Crippen LogP contribution in [-0.4, -0.2) is 30.1 Å². The minimum Gasteiger partial charge on any atom is -0.329 e. The number of likely N-dealkylation sites (N-methyl/N-ethyl adjacent to an activating group) is 1. The predicted octanol–water partition coefficient (Wildman–Crippen LogP) is 3.12. The van der Waals surface area contributed by atoms with Gasteiger partial charge in [-0.15, -0.1) is 0 Å². The molecule has 0 heterocycles. The highest BCUT2D eigenvalue weighted by molar-refractivity contribution is 5.12. The lowest BCUT2D eigenvalue weighted by Crippen LogP contribution is -2.70. The van der Waals surface area contributed by atoms with Crippen molar-refractivity contribution in [3.8, 4) is 0 Å². The van der Waals surface area contributed by atoms with Gasteiger partial charge in [0.15, 0.2) is 0 Å². The highest BCUT2D eigenvalue weighted by Crippen LogP contribution is 2.60. The third-order valence-corrected chi connectivity index (χ3v) is 7.11. The van der Waals surface area contributed by atoms with Crippen molar-refractivity contribution < 1.29 is 0 Å². The van der Waals surface area contributed by atoms with Crippen LogP contribution in [-0.2, 0) is 0 Å². The van der Waals surface area contributed by atoms with Crippen molar-refractivity contribution in [2.24, 2.45) is 35.3 Å². The Kier molecular flexibility index (Phi) is 3.46. The number of nitrogens with zero attached hydrogens (tertiary/aromatic N) is 1. The van der Waals surface area contributed by atoms with E-state index in [0.717, 1.165) is 30.2 Å². The molecule has 1 atom stereocenters. The standard InChI is InChI=1S/C17H32N2/c1-11(2)12(3)19(4)17(10-18)15-6-13-5-14(8-15)9-16(17)7-13/h11-16H,5-10,18H2,1-4H3. The van der Waals surface area contributed by atoms with Crippen molar-refractivity contribution in [1.29, 1.82) is 0 Å². The summed E-state index contributed by atoms with van der Waals surface area (Å²) < 4.78 is 0. The molecular weight excluding hydrogens is 232 g/mol. The van der Waals surface area contributed by atoms with Crippen LogP contribution in [0.2, 0.25) is 0 Å². The lowest BCUT2D eigenvalue weighted by atomic mass is 9.48. The largest absolute Gasteiger partial charge is 0.329 e. The Morgan fingerprint density at radius 2 is 1.47 bits per heavy atom. The monoisotopic (exact) mass is 264 g/mol. The van der Waals surface area contributed by atoms with Gasteiger partial charge in [0.25, 0.3) is 0 Å². The summed E-state index contributed by atoms with van der Waals surface area (Å²) in [7, 11) is 2.36. The molecule has 1 unspecified atom stereocenters. The maximum Gasteiger partial charge on any atom is 0.0388 e. The van der Waals surface area contributed by atoms with E-state index in [2.05, 4.69) is 32.7 Å². The van der Waals surface area contributed by atoms with E-state index in [4.69, 9.17) is 5.73 Å². The van der Waals surface area contributed by atoms with Crippen LogP contribution in [0.5, 0.6) is 0 Å². The normalized spacial score (nSPS) is 46.3. The third kappa shape index (κ3) is 1.90. The van der Waals surface area contributed by atoms with Gasteiger partial charge in [0.05, 0.1) is 0 Å². The fourth-order valence-electron chi connectivity index (χ4n) is 5.88. The molecule has 0 radical (unpaired) electrons. The van der Waals surface area contributed by atoms with Gasteiger partial charge in [0.2, 0.25) is 0 Å². The van der Waals surface area contributed by atoms with Crippen molar-refractivity contribution in [2.45, 2.75) is 64.5 Å². The van der Waals surface area contributed by atoms with Crippen molar-refractivity contribution in [3.63, 3.8) is 0 Å². The van der Waals surface area contributed by atoms with Gasteiger partial charge in [-0.1, -0.05) is 13.8 Å². The minimum atomic E-state index is 0.317. The van der Waals surface area contributed by atoms with Gasteiger partial charge in [0.1, 0.15) is 0 Å². The third-order valence-electron chi connectivity index (χ3n) is 7.11. The van der Waals surface area contributed by atoms with E-state index >= 15 is 0 Å². The van der Waals surface area contributed by atoms with Gasteiger partial charge in [-0.25, -0.2) is 0 Å². The Labute approximate surface area is 119 Å². The molecule has 4 bridgehead atoms. The van der Waals surface area contributed by atoms with Gasteiger partial charge in [0, 0.05) is 18.1 Å². The first kappa shape index (κ1) is 13.9. The van der Waals surface area contributed by atoms with E-state index in [-0.39, 0.29) is 0 Å². The molecule has 2 heteroatoms. The van der Waals surface area contributed by atoms with Crippen LogP contribution < -0.4 is 5.73 Å². The highest BCUT2D eigenvalue weighted by Gasteiger charge is 2.58. The molecule has 0 aromatic heterocycles. The molecule has 110 valence electrons. The minimum absolute atomic E-state index is 0.317. The van der Waals surface area contributed by atoms with Crippen molar-refractivity contribution >= 4 is 0 Å². The molecule has 0 aromatic rings. The van der Waals surface area contributed by atoms with Crippen LogP contribution in [0, 0.1) is 29.6 Å². The van der Waals surface area contributed by atoms with E-state index in [9.17, 15) is 0 Å². The zero-order valence-corrected chi connectivity index (χ0v) is 13.2. The molecule has 4 aliphatic carbocycles. The number of hydrogen-bond donors (Lipinski definition) is 1. The fraction of sp³-hybridized carbons (Fsp3) is 1.00. The molecule has 0 spiro atoms. The van der Waals surface area contributed by atoms with Crippen LogP contribution in [0.3, 0.4) is 0 Å². The van der Waals surface area contributed by atoms with Crippen molar-refractivity contribution in [2.75, 3.05) is 13.6 Å². The molecule has 4 rings (SSSR count). The van der Waals surface area contributed by atoms with Gasteiger partial charge >= 0.3 is 0 Å². The Hall–Kier alpha value is -0.0800. The second-order valence-electron chi connectivity index (χ2n) is 8.10.